The number of benzene rings is 1. The average Bonchev–Trinajstić information content (AvgIpc) is 2.83. The van der Waals surface area contributed by atoms with Crippen molar-refractivity contribution < 1.29 is 0 Å². The number of nitrogens with one attached hydrogen (secondary N) is 1. The first-order valence-electron chi connectivity index (χ1n) is 7.39. The summed E-state index contributed by atoms with van der Waals surface area (Å²) in [6, 6.07) is 7.04. The Morgan fingerprint density at radius 2 is 2.00 bits per heavy atom. The minimum absolute atomic E-state index is 0.313. The molecule has 3 nitrogen and oxygen atoms in total. The van der Waals surface area contributed by atoms with E-state index >= 15 is 0 Å². The molecule has 0 aliphatic heterocycles. The quantitative estimate of drug-likeness (QED) is 0.870. The smallest absolute Gasteiger partial charge is 0.0604 e. The van der Waals surface area contributed by atoms with Gasteiger partial charge in [-0.05, 0) is 56.0 Å². The minimum Gasteiger partial charge on any atom is -0.308 e. The summed E-state index contributed by atoms with van der Waals surface area (Å²) in [7, 11) is 0. The lowest BCUT2D eigenvalue weighted by molar-refractivity contribution is 0.438. The highest BCUT2D eigenvalue weighted by Gasteiger charge is 2.12. The fourth-order valence-electron chi connectivity index (χ4n) is 2.34. The first-order chi connectivity index (χ1) is 9.60. The molecule has 0 amide bonds. The van der Waals surface area contributed by atoms with Crippen LogP contribution in [0.15, 0.2) is 30.6 Å². The zero-order valence-corrected chi connectivity index (χ0v) is 13.0. The number of aromatic nitrogens is 2. The van der Waals surface area contributed by atoms with Crippen LogP contribution in [0.4, 0.5) is 0 Å². The van der Waals surface area contributed by atoms with Crippen molar-refractivity contribution in [3.63, 3.8) is 0 Å². The van der Waals surface area contributed by atoms with Crippen LogP contribution >= 0.6 is 0 Å². The van der Waals surface area contributed by atoms with E-state index in [1.165, 1.54) is 22.3 Å². The molecule has 1 atom stereocenters. The molecule has 108 valence electrons. The van der Waals surface area contributed by atoms with Crippen LogP contribution in [0.5, 0.6) is 0 Å². The van der Waals surface area contributed by atoms with E-state index in [0.29, 0.717) is 6.04 Å². The standard InChI is InChI=1S/C17H25N3/c1-5-8-18-17(12-20-11-13(2)10-19-20)16-7-6-14(3)15(4)9-16/h6-7,9-11,17-18H,5,8,12H2,1-4H3. The maximum absolute atomic E-state index is 4.41. The van der Waals surface area contributed by atoms with Crippen LogP contribution in [0, 0.1) is 20.8 Å². The number of hydrogen-bond acceptors (Lipinski definition) is 2. The van der Waals surface area contributed by atoms with Crippen LogP contribution in [0.3, 0.4) is 0 Å². The Bertz CT molecular complexity index is 557. The lowest BCUT2D eigenvalue weighted by Crippen LogP contribution is -2.26. The summed E-state index contributed by atoms with van der Waals surface area (Å²) in [5.41, 5.74) is 5.24. The van der Waals surface area contributed by atoms with Gasteiger partial charge in [-0.3, -0.25) is 4.68 Å². The van der Waals surface area contributed by atoms with Gasteiger partial charge < -0.3 is 5.32 Å². The Kier molecular flexibility index (Phi) is 4.96. The van der Waals surface area contributed by atoms with Crippen LogP contribution in [0.2, 0.25) is 0 Å². The van der Waals surface area contributed by atoms with Gasteiger partial charge in [-0.15, -0.1) is 0 Å². The third-order valence-corrected chi connectivity index (χ3v) is 3.71. The van der Waals surface area contributed by atoms with Crippen molar-refractivity contribution in [2.24, 2.45) is 0 Å². The largest absolute Gasteiger partial charge is 0.308 e. The second kappa shape index (κ2) is 6.71. The van der Waals surface area contributed by atoms with E-state index in [2.05, 4.69) is 62.5 Å². The molecule has 0 fully saturated rings. The SMILES string of the molecule is CCCNC(Cn1cc(C)cn1)c1ccc(C)c(C)c1. The monoisotopic (exact) mass is 271 g/mol. The molecule has 0 radical (unpaired) electrons. The molecule has 20 heavy (non-hydrogen) atoms. The van der Waals surface area contributed by atoms with E-state index in [1.54, 1.807) is 0 Å². The van der Waals surface area contributed by atoms with Gasteiger partial charge in [0.15, 0.2) is 0 Å². The molecule has 2 aromatic rings. The molecular formula is C17H25N3. The van der Waals surface area contributed by atoms with Crippen LogP contribution in [-0.2, 0) is 6.54 Å². The van der Waals surface area contributed by atoms with Crippen LogP contribution in [0.1, 0.15) is 41.6 Å². The van der Waals surface area contributed by atoms with E-state index in [0.717, 1.165) is 19.5 Å². The van der Waals surface area contributed by atoms with Crippen LogP contribution in [0.25, 0.3) is 0 Å². The molecule has 0 aliphatic carbocycles. The Hall–Kier alpha value is -1.61. The van der Waals surface area contributed by atoms with Crippen molar-refractivity contribution in [3.05, 3.63) is 52.8 Å². The van der Waals surface area contributed by atoms with Crippen molar-refractivity contribution in [2.45, 2.75) is 46.7 Å². The number of rotatable bonds is 6. The lowest BCUT2D eigenvalue weighted by Gasteiger charge is -2.20. The van der Waals surface area contributed by atoms with Gasteiger partial charge >= 0.3 is 0 Å². The normalized spacial score (nSPS) is 12.6. The zero-order valence-electron chi connectivity index (χ0n) is 13.0. The molecule has 2 rings (SSSR count). The van der Waals surface area contributed by atoms with Gasteiger partial charge in [-0.25, -0.2) is 0 Å². The number of aryl methyl sites for hydroxylation is 3. The van der Waals surface area contributed by atoms with Gasteiger partial charge in [0.1, 0.15) is 0 Å². The van der Waals surface area contributed by atoms with E-state index in [-0.39, 0.29) is 0 Å². The van der Waals surface area contributed by atoms with Gasteiger partial charge in [0.05, 0.1) is 18.8 Å². The summed E-state index contributed by atoms with van der Waals surface area (Å²) in [6.07, 6.45) is 5.15. The van der Waals surface area contributed by atoms with Gasteiger partial charge in [0.25, 0.3) is 0 Å². The molecule has 1 aromatic heterocycles. The molecule has 1 heterocycles. The molecule has 1 N–H and O–H groups in total. The van der Waals surface area contributed by atoms with E-state index in [9.17, 15) is 0 Å². The Morgan fingerprint density at radius 1 is 1.20 bits per heavy atom. The molecule has 1 unspecified atom stereocenters. The molecule has 1 aromatic carbocycles. The van der Waals surface area contributed by atoms with E-state index in [4.69, 9.17) is 0 Å². The fourth-order valence-corrected chi connectivity index (χ4v) is 2.34. The topological polar surface area (TPSA) is 29.9 Å². The minimum atomic E-state index is 0.313. The third kappa shape index (κ3) is 3.70. The molecule has 0 spiro atoms. The van der Waals surface area contributed by atoms with Gasteiger partial charge in [0, 0.05) is 6.20 Å². The van der Waals surface area contributed by atoms with Crippen molar-refractivity contribution in [3.8, 4) is 0 Å². The Morgan fingerprint density at radius 3 is 2.60 bits per heavy atom. The first-order valence-corrected chi connectivity index (χ1v) is 7.39. The van der Waals surface area contributed by atoms with Gasteiger partial charge in [0.2, 0.25) is 0 Å². The second-order valence-corrected chi connectivity index (χ2v) is 5.59. The van der Waals surface area contributed by atoms with Crippen molar-refractivity contribution in [1.29, 1.82) is 0 Å². The first kappa shape index (κ1) is 14.8. The molecule has 0 aliphatic rings. The highest BCUT2D eigenvalue weighted by molar-refractivity contribution is 5.31. The molecule has 0 bridgehead atoms. The second-order valence-electron chi connectivity index (χ2n) is 5.59. The van der Waals surface area contributed by atoms with Gasteiger partial charge in [-0.1, -0.05) is 25.1 Å². The third-order valence-electron chi connectivity index (χ3n) is 3.71. The average molecular weight is 271 g/mol. The number of hydrogen-bond donors (Lipinski definition) is 1. The highest BCUT2D eigenvalue weighted by Crippen LogP contribution is 2.19. The summed E-state index contributed by atoms with van der Waals surface area (Å²) < 4.78 is 2.03. The maximum atomic E-state index is 4.41. The summed E-state index contributed by atoms with van der Waals surface area (Å²) in [4.78, 5) is 0. The Labute approximate surface area is 122 Å². The lowest BCUT2D eigenvalue weighted by atomic mass is 10.0. The fraction of sp³-hybridized carbons (Fsp3) is 0.471. The number of nitrogens with zero attached hydrogens (tertiary/aromatic N) is 2. The van der Waals surface area contributed by atoms with Crippen molar-refractivity contribution in [1.82, 2.24) is 15.1 Å². The zero-order chi connectivity index (χ0) is 14.5. The molecule has 3 heteroatoms. The highest BCUT2D eigenvalue weighted by atomic mass is 15.3. The van der Waals surface area contributed by atoms with Crippen molar-refractivity contribution in [2.75, 3.05) is 6.54 Å². The predicted octanol–water partition coefficient (Wildman–Crippen LogP) is 3.55. The van der Waals surface area contributed by atoms with E-state index < -0.39 is 0 Å². The molecular weight excluding hydrogens is 246 g/mol. The van der Waals surface area contributed by atoms with E-state index in [1.807, 2.05) is 10.9 Å². The summed E-state index contributed by atoms with van der Waals surface area (Å²) in [5.74, 6) is 0. The summed E-state index contributed by atoms with van der Waals surface area (Å²) in [6.45, 7) is 10.5. The van der Waals surface area contributed by atoms with Crippen LogP contribution < -0.4 is 5.32 Å². The maximum Gasteiger partial charge on any atom is 0.0604 e. The van der Waals surface area contributed by atoms with Crippen LogP contribution in [-0.4, -0.2) is 16.3 Å². The molecule has 0 saturated heterocycles. The van der Waals surface area contributed by atoms with Gasteiger partial charge in [-0.2, -0.15) is 5.10 Å². The van der Waals surface area contributed by atoms with Crippen molar-refractivity contribution >= 4 is 0 Å². The Balaban J connectivity index is 2.19. The predicted molar refractivity (Wildman–Crippen MR) is 83.9 cm³/mol. The summed E-state index contributed by atoms with van der Waals surface area (Å²) >= 11 is 0. The summed E-state index contributed by atoms with van der Waals surface area (Å²) in [5, 5.41) is 8.04. The molecule has 0 saturated carbocycles.